The Balaban J connectivity index is 0.000000394. The minimum Gasteiger partial charge on any atom is -0.381 e. The molecule has 0 saturated carbocycles. The third-order valence-corrected chi connectivity index (χ3v) is 2.83. The van der Waals surface area contributed by atoms with Crippen molar-refractivity contribution >= 4 is 0 Å². The second kappa shape index (κ2) is 10.1. The molecule has 0 amide bonds. The Morgan fingerprint density at radius 3 is 1.81 bits per heavy atom. The summed E-state index contributed by atoms with van der Waals surface area (Å²) in [6, 6.07) is 0. The summed E-state index contributed by atoms with van der Waals surface area (Å²) >= 11 is 0. The SMILES string of the molecule is CC.CCC.CCC1CN(CC2COC2)C1. The van der Waals surface area contributed by atoms with E-state index in [4.69, 9.17) is 4.74 Å². The van der Waals surface area contributed by atoms with Crippen molar-refractivity contribution in [2.75, 3.05) is 32.8 Å². The van der Waals surface area contributed by atoms with Crippen LogP contribution in [-0.4, -0.2) is 37.7 Å². The van der Waals surface area contributed by atoms with Gasteiger partial charge in [0.05, 0.1) is 13.2 Å². The molecule has 0 unspecified atom stereocenters. The van der Waals surface area contributed by atoms with Crippen LogP contribution in [0.25, 0.3) is 0 Å². The quantitative estimate of drug-likeness (QED) is 0.735. The standard InChI is InChI=1S/C9H17NO.C3H8.C2H6/c1-2-8-3-10(4-8)5-9-6-11-7-9;1-3-2;1-2/h8-9H,2-7H2,1H3;3H2,1-2H3;1-2H3. The zero-order valence-electron chi connectivity index (χ0n) is 12.0. The summed E-state index contributed by atoms with van der Waals surface area (Å²) in [6.45, 7) is 16.5. The van der Waals surface area contributed by atoms with Crippen LogP contribution in [0, 0.1) is 11.8 Å². The number of nitrogens with zero attached hydrogens (tertiary/aromatic N) is 1. The smallest absolute Gasteiger partial charge is 0.0528 e. The number of rotatable bonds is 3. The molecule has 2 heteroatoms. The number of hydrogen-bond acceptors (Lipinski definition) is 2. The zero-order chi connectivity index (χ0) is 12.4. The van der Waals surface area contributed by atoms with Gasteiger partial charge in [-0.3, -0.25) is 0 Å². The van der Waals surface area contributed by atoms with Gasteiger partial charge in [0.25, 0.3) is 0 Å². The number of likely N-dealkylation sites (tertiary alicyclic amines) is 1. The second-order valence-corrected chi connectivity index (χ2v) is 4.60. The van der Waals surface area contributed by atoms with Gasteiger partial charge in [0.2, 0.25) is 0 Å². The van der Waals surface area contributed by atoms with Crippen LogP contribution in [-0.2, 0) is 4.74 Å². The first-order chi connectivity index (χ1) is 7.80. The van der Waals surface area contributed by atoms with Gasteiger partial charge >= 0.3 is 0 Å². The predicted molar refractivity (Wildman–Crippen MR) is 71.8 cm³/mol. The third-order valence-electron chi connectivity index (χ3n) is 2.83. The van der Waals surface area contributed by atoms with E-state index >= 15 is 0 Å². The van der Waals surface area contributed by atoms with Gasteiger partial charge in [-0.1, -0.05) is 47.5 Å². The van der Waals surface area contributed by atoms with Crippen molar-refractivity contribution in [1.82, 2.24) is 4.90 Å². The van der Waals surface area contributed by atoms with Crippen LogP contribution < -0.4 is 0 Å². The van der Waals surface area contributed by atoms with E-state index < -0.39 is 0 Å². The molecular formula is C14H31NO. The Bertz CT molecular complexity index is 140. The normalized spacial score (nSPS) is 20.8. The largest absolute Gasteiger partial charge is 0.381 e. The molecule has 0 radical (unpaired) electrons. The van der Waals surface area contributed by atoms with Gasteiger partial charge in [0, 0.05) is 25.6 Å². The lowest BCUT2D eigenvalue weighted by Crippen LogP contribution is -2.51. The van der Waals surface area contributed by atoms with Crippen molar-refractivity contribution in [2.45, 2.75) is 47.5 Å². The summed E-state index contributed by atoms with van der Waals surface area (Å²) in [5.41, 5.74) is 0. The highest BCUT2D eigenvalue weighted by Crippen LogP contribution is 2.21. The fourth-order valence-electron chi connectivity index (χ4n) is 1.84. The summed E-state index contributed by atoms with van der Waals surface area (Å²) in [5.74, 6) is 1.85. The molecule has 98 valence electrons. The zero-order valence-corrected chi connectivity index (χ0v) is 12.0. The van der Waals surface area contributed by atoms with E-state index in [1.807, 2.05) is 13.8 Å². The molecule has 2 fully saturated rings. The van der Waals surface area contributed by atoms with E-state index in [2.05, 4.69) is 25.7 Å². The molecule has 16 heavy (non-hydrogen) atoms. The minimum atomic E-state index is 0.854. The van der Waals surface area contributed by atoms with Gasteiger partial charge in [-0.25, -0.2) is 0 Å². The molecule has 0 bridgehead atoms. The minimum absolute atomic E-state index is 0.854. The van der Waals surface area contributed by atoms with Gasteiger partial charge in [-0.05, 0) is 5.92 Å². The first-order valence-electron chi connectivity index (χ1n) is 7.10. The van der Waals surface area contributed by atoms with E-state index in [9.17, 15) is 0 Å². The first kappa shape index (κ1) is 15.9. The van der Waals surface area contributed by atoms with Crippen molar-refractivity contribution in [2.24, 2.45) is 11.8 Å². The monoisotopic (exact) mass is 229 g/mol. The van der Waals surface area contributed by atoms with Crippen molar-refractivity contribution in [3.05, 3.63) is 0 Å². The molecule has 2 heterocycles. The molecule has 2 nitrogen and oxygen atoms in total. The average molecular weight is 229 g/mol. The Labute approximate surface area is 102 Å². The maximum absolute atomic E-state index is 5.13. The van der Waals surface area contributed by atoms with Crippen LogP contribution in [0.5, 0.6) is 0 Å². The van der Waals surface area contributed by atoms with Gasteiger partial charge in [-0.2, -0.15) is 0 Å². The number of hydrogen-bond donors (Lipinski definition) is 0. The predicted octanol–water partition coefficient (Wildman–Crippen LogP) is 3.42. The van der Waals surface area contributed by atoms with Gasteiger partial charge in [-0.15, -0.1) is 0 Å². The maximum Gasteiger partial charge on any atom is 0.0528 e. The lowest BCUT2D eigenvalue weighted by Gasteiger charge is -2.42. The second-order valence-electron chi connectivity index (χ2n) is 4.60. The average Bonchev–Trinajstić information content (AvgIpc) is 2.18. The molecule has 0 aromatic heterocycles. The maximum atomic E-state index is 5.13. The van der Waals surface area contributed by atoms with Crippen molar-refractivity contribution in [1.29, 1.82) is 0 Å². The highest BCUT2D eigenvalue weighted by molar-refractivity contribution is 4.81. The lowest BCUT2D eigenvalue weighted by atomic mass is 9.95. The Morgan fingerprint density at radius 2 is 1.50 bits per heavy atom. The molecule has 2 aliphatic heterocycles. The van der Waals surface area contributed by atoms with Crippen LogP contribution in [0.4, 0.5) is 0 Å². The van der Waals surface area contributed by atoms with Crippen LogP contribution >= 0.6 is 0 Å². The molecular weight excluding hydrogens is 198 g/mol. The van der Waals surface area contributed by atoms with Crippen molar-refractivity contribution in [3.8, 4) is 0 Å². The van der Waals surface area contributed by atoms with Crippen LogP contribution in [0.1, 0.15) is 47.5 Å². The highest BCUT2D eigenvalue weighted by atomic mass is 16.5. The van der Waals surface area contributed by atoms with Crippen molar-refractivity contribution < 1.29 is 4.74 Å². The Morgan fingerprint density at radius 1 is 1.00 bits per heavy atom. The first-order valence-corrected chi connectivity index (χ1v) is 7.10. The Hall–Kier alpha value is -0.0800. The highest BCUT2D eigenvalue weighted by Gasteiger charge is 2.29. The molecule has 0 aromatic carbocycles. The summed E-state index contributed by atoms with van der Waals surface area (Å²) in [6.07, 6.45) is 2.61. The molecule has 0 atom stereocenters. The van der Waals surface area contributed by atoms with E-state index in [0.717, 1.165) is 25.0 Å². The molecule has 0 aliphatic carbocycles. The molecule has 0 spiro atoms. The summed E-state index contributed by atoms with van der Waals surface area (Å²) in [7, 11) is 0. The van der Waals surface area contributed by atoms with Gasteiger partial charge in [0.15, 0.2) is 0 Å². The van der Waals surface area contributed by atoms with E-state index in [1.165, 1.54) is 32.5 Å². The summed E-state index contributed by atoms with van der Waals surface area (Å²) < 4.78 is 5.13. The molecule has 2 aliphatic rings. The fourth-order valence-corrected chi connectivity index (χ4v) is 1.84. The van der Waals surface area contributed by atoms with Gasteiger partial charge < -0.3 is 9.64 Å². The summed E-state index contributed by atoms with van der Waals surface area (Å²) in [5, 5.41) is 0. The molecule has 2 saturated heterocycles. The van der Waals surface area contributed by atoms with Gasteiger partial charge in [0.1, 0.15) is 0 Å². The van der Waals surface area contributed by atoms with E-state index in [1.54, 1.807) is 0 Å². The van der Waals surface area contributed by atoms with Crippen molar-refractivity contribution in [3.63, 3.8) is 0 Å². The van der Waals surface area contributed by atoms with E-state index in [-0.39, 0.29) is 0 Å². The molecule has 0 aromatic rings. The van der Waals surface area contributed by atoms with Crippen LogP contribution in [0.15, 0.2) is 0 Å². The third kappa shape index (κ3) is 5.86. The number of ether oxygens (including phenoxy) is 1. The molecule has 2 rings (SSSR count). The summed E-state index contributed by atoms with van der Waals surface area (Å²) in [4.78, 5) is 2.56. The lowest BCUT2D eigenvalue weighted by molar-refractivity contribution is -0.0616. The van der Waals surface area contributed by atoms with E-state index in [0.29, 0.717) is 0 Å². The molecule has 0 N–H and O–H groups in total. The Kier molecular flexibility index (Phi) is 10.0. The fraction of sp³-hybridized carbons (Fsp3) is 1.00. The van der Waals surface area contributed by atoms with Crippen LogP contribution in [0.3, 0.4) is 0 Å². The topological polar surface area (TPSA) is 12.5 Å². The van der Waals surface area contributed by atoms with Crippen LogP contribution in [0.2, 0.25) is 0 Å².